The molecule has 5 heteroatoms. The fourth-order valence-electron chi connectivity index (χ4n) is 3.49. The van der Waals surface area contributed by atoms with E-state index in [9.17, 15) is 9.90 Å². The van der Waals surface area contributed by atoms with Gasteiger partial charge in [0.05, 0.1) is 12.5 Å². The maximum atomic E-state index is 11.9. The summed E-state index contributed by atoms with van der Waals surface area (Å²) < 4.78 is 11.0. The summed E-state index contributed by atoms with van der Waals surface area (Å²) in [6.07, 6.45) is 1.22. The summed E-state index contributed by atoms with van der Waals surface area (Å²) in [5, 5.41) is 10.4. The van der Waals surface area contributed by atoms with Crippen LogP contribution in [0, 0.1) is 12.8 Å². The summed E-state index contributed by atoms with van der Waals surface area (Å²) >= 11 is 0. The molecule has 2 atom stereocenters. The maximum Gasteiger partial charge on any atom is 0.310 e. The minimum Gasteiger partial charge on any atom is -0.491 e. The predicted octanol–water partition coefficient (Wildman–Crippen LogP) is 3.31. The molecule has 0 bridgehead atoms. The van der Waals surface area contributed by atoms with Crippen molar-refractivity contribution in [3.63, 3.8) is 0 Å². The molecule has 1 aliphatic rings. The molecule has 27 heavy (non-hydrogen) atoms. The minimum atomic E-state index is -0.590. The zero-order valence-corrected chi connectivity index (χ0v) is 17.5. The number of esters is 1. The van der Waals surface area contributed by atoms with E-state index in [1.807, 2.05) is 19.9 Å². The Morgan fingerprint density at radius 1 is 1.37 bits per heavy atom. The van der Waals surface area contributed by atoms with Gasteiger partial charge in [0.25, 0.3) is 0 Å². The first kappa shape index (κ1) is 21.7. The molecule has 1 aliphatic heterocycles. The Morgan fingerprint density at radius 3 is 2.74 bits per heavy atom. The zero-order chi connectivity index (χ0) is 20.0. The third kappa shape index (κ3) is 6.51. The van der Waals surface area contributed by atoms with Crippen LogP contribution in [0.3, 0.4) is 0 Å². The highest BCUT2D eigenvalue weighted by molar-refractivity contribution is 5.72. The van der Waals surface area contributed by atoms with E-state index in [0.717, 1.165) is 30.7 Å². The number of aryl methyl sites for hydroxylation is 1. The molecular formula is C22H35NO4. The van der Waals surface area contributed by atoms with Crippen molar-refractivity contribution in [1.29, 1.82) is 0 Å². The van der Waals surface area contributed by atoms with E-state index in [1.165, 1.54) is 5.56 Å². The van der Waals surface area contributed by atoms with Crippen LogP contribution in [-0.2, 0) is 14.9 Å². The maximum absolute atomic E-state index is 11.9. The topological polar surface area (TPSA) is 59.0 Å². The van der Waals surface area contributed by atoms with Crippen molar-refractivity contribution in [3.05, 3.63) is 29.3 Å². The van der Waals surface area contributed by atoms with Crippen LogP contribution < -0.4 is 4.74 Å². The zero-order valence-electron chi connectivity index (χ0n) is 17.5. The second-order valence-electron chi connectivity index (χ2n) is 8.55. The first-order chi connectivity index (χ1) is 12.7. The summed E-state index contributed by atoms with van der Waals surface area (Å²) in [5.41, 5.74) is 2.45. The Labute approximate surface area is 163 Å². The van der Waals surface area contributed by atoms with E-state index in [0.29, 0.717) is 19.7 Å². The van der Waals surface area contributed by atoms with E-state index < -0.39 is 6.10 Å². The van der Waals surface area contributed by atoms with Gasteiger partial charge in [-0.25, -0.2) is 0 Å². The van der Waals surface area contributed by atoms with E-state index in [4.69, 9.17) is 9.47 Å². The summed E-state index contributed by atoms with van der Waals surface area (Å²) in [5.74, 6) is 0.603. The van der Waals surface area contributed by atoms with Gasteiger partial charge in [-0.3, -0.25) is 9.69 Å². The lowest BCUT2D eigenvalue weighted by Gasteiger charge is -2.32. The van der Waals surface area contributed by atoms with E-state index in [2.05, 4.69) is 37.8 Å². The lowest BCUT2D eigenvalue weighted by molar-refractivity contribution is -0.150. The number of rotatable bonds is 7. The Morgan fingerprint density at radius 2 is 2.11 bits per heavy atom. The fourth-order valence-corrected chi connectivity index (χ4v) is 3.49. The van der Waals surface area contributed by atoms with Crippen molar-refractivity contribution in [2.45, 2.75) is 59.0 Å². The molecule has 1 heterocycles. The fraction of sp³-hybridized carbons (Fsp3) is 0.682. The van der Waals surface area contributed by atoms with E-state index >= 15 is 0 Å². The van der Waals surface area contributed by atoms with Crippen molar-refractivity contribution in [2.24, 2.45) is 5.92 Å². The number of hydrogen-bond donors (Lipinski definition) is 1. The molecule has 0 unspecified atom stereocenters. The quantitative estimate of drug-likeness (QED) is 0.739. The first-order valence-corrected chi connectivity index (χ1v) is 10.0. The van der Waals surface area contributed by atoms with Crippen LogP contribution in [0.4, 0.5) is 0 Å². The van der Waals surface area contributed by atoms with Crippen LogP contribution in [0.2, 0.25) is 0 Å². The highest BCUT2D eigenvalue weighted by Gasteiger charge is 2.27. The third-order valence-corrected chi connectivity index (χ3v) is 5.07. The number of nitrogens with zero attached hydrogens (tertiary/aromatic N) is 1. The number of carbonyl (C=O) groups is 1. The largest absolute Gasteiger partial charge is 0.491 e. The molecule has 0 saturated carbocycles. The average Bonchev–Trinajstić information content (AvgIpc) is 2.60. The molecule has 0 aliphatic carbocycles. The Hall–Kier alpha value is -1.59. The van der Waals surface area contributed by atoms with Crippen molar-refractivity contribution in [3.8, 4) is 5.75 Å². The number of aliphatic hydroxyl groups excluding tert-OH is 1. The molecule has 1 N–H and O–H groups in total. The summed E-state index contributed by atoms with van der Waals surface area (Å²) in [4.78, 5) is 14.1. The van der Waals surface area contributed by atoms with Gasteiger partial charge < -0.3 is 14.6 Å². The monoisotopic (exact) mass is 377 g/mol. The number of likely N-dealkylation sites (tertiary alicyclic amines) is 1. The highest BCUT2D eigenvalue weighted by atomic mass is 16.5. The lowest BCUT2D eigenvalue weighted by Crippen LogP contribution is -2.44. The molecule has 152 valence electrons. The average molecular weight is 378 g/mol. The van der Waals surface area contributed by atoms with Crippen LogP contribution in [0.5, 0.6) is 5.75 Å². The van der Waals surface area contributed by atoms with Crippen molar-refractivity contribution in [1.82, 2.24) is 4.90 Å². The number of hydrogen-bond acceptors (Lipinski definition) is 5. The second-order valence-corrected chi connectivity index (χ2v) is 8.55. The molecule has 5 nitrogen and oxygen atoms in total. The van der Waals surface area contributed by atoms with E-state index in [-0.39, 0.29) is 23.9 Å². The van der Waals surface area contributed by atoms with Crippen LogP contribution in [0.25, 0.3) is 0 Å². The van der Waals surface area contributed by atoms with Gasteiger partial charge in [-0.15, -0.1) is 0 Å². The van der Waals surface area contributed by atoms with Gasteiger partial charge in [0, 0.05) is 13.1 Å². The predicted molar refractivity (Wildman–Crippen MR) is 107 cm³/mol. The van der Waals surface area contributed by atoms with Crippen LogP contribution in [0.1, 0.15) is 51.7 Å². The molecule has 0 spiro atoms. The van der Waals surface area contributed by atoms with Gasteiger partial charge in [-0.05, 0) is 55.8 Å². The van der Waals surface area contributed by atoms with E-state index in [1.54, 1.807) is 0 Å². The summed E-state index contributed by atoms with van der Waals surface area (Å²) in [7, 11) is 0. The third-order valence-electron chi connectivity index (χ3n) is 5.07. The van der Waals surface area contributed by atoms with Gasteiger partial charge in [0.1, 0.15) is 18.5 Å². The Bertz CT molecular complexity index is 623. The molecular weight excluding hydrogens is 342 g/mol. The smallest absolute Gasteiger partial charge is 0.310 e. The first-order valence-electron chi connectivity index (χ1n) is 10.0. The molecule has 1 fully saturated rings. The number of ether oxygens (including phenoxy) is 2. The Balaban J connectivity index is 1.84. The molecule has 1 saturated heterocycles. The van der Waals surface area contributed by atoms with Gasteiger partial charge in [0.15, 0.2) is 0 Å². The van der Waals surface area contributed by atoms with Gasteiger partial charge >= 0.3 is 5.97 Å². The molecule has 0 amide bonds. The molecule has 2 rings (SSSR count). The molecule has 0 aromatic heterocycles. The van der Waals surface area contributed by atoms with Gasteiger partial charge in [-0.1, -0.05) is 32.9 Å². The number of piperidine rings is 1. The lowest BCUT2D eigenvalue weighted by atomic mass is 9.86. The second kappa shape index (κ2) is 9.56. The minimum absolute atomic E-state index is 0.0843. The van der Waals surface area contributed by atoms with Crippen LogP contribution in [-0.4, -0.2) is 54.9 Å². The van der Waals surface area contributed by atoms with Crippen molar-refractivity contribution < 1.29 is 19.4 Å². The number of benzene rings is 1. The Kier molecular flexibility index (Phi) is 7.68. The molecule has 1 aromatic carbocycles. The normalized spacial score (nSPS) is 19.6. The molecule has 0 radical (unpaired) electrons. The van der Waals surface area contributed by atoms with Gasteiger partial charge in [-0.2, -0.15) is 0 Å². The number of carbonyl (C=O) groups excluding carboxylic acids is 1. The van der Waals surface area contributed by atoms with Crippen LogP contribution in [0.15, 0.2) is 18.2 Å². The van der Waals surface area contributed by atoms with Gasteiger partial charge in [0.2, 0.25) is 0 Å². The SMILES string of the molecule is CCOC(=O)[C@@H]1CCCN(C[C@H](O)COc2ccc(C(C)(C)C)cc2C)C1. The number of β-amino-alcohol motifs (C(OH)–C–C–N with tert-alkyl or cyclic N) is 1. The van der Waals surface area contributed by atoms with Crippen molar-refractivity contribution in [2.75, 3.05) is 32.8 Å². The molecule has 1 aromatic rings. The van der Waals surface area contributed by atoms with Crippen LogP contribution >= 0.6 is 0 Å². The van der Waals surface area contributed by atoms with Crippen molar-refractivity contribution >= 4 is 5.97 Å². The standard InChI is InChI=1S/C22H35NO4/c1-6-26-21(25)17-8-7-11-23(13-17)14-19(24)15-27-20-10-9-18(12-16(20)2)22(3,4)5/h9-10,12,17,19,24H,6-8,11,13-15H2,1-5H3/t17-,19+/m1/s1. The summed E-state index contributed by atoms with van der Waals surface area (Å²) in [6, 6.07) is 6.22. The highest BCUT2D eigenvalue weighted by Crippen LogP contribution is 2.27. The number of aliphatic hydroxyl groups is 1. The summed E-state index contributed by atoms with van der Waals surface area (Å²) in [6.45, 7) is 13.1.